The Bertz CT molecular complexity index is 387. The van der Waals surface area contributed by atoms with Gasteiger partial charge in [0.25, 0.3) is 0 Å². The molecule has 1 aliphatic rings. The molecule has 0 saturated carbocycles. The lowest BCUT2D eigenvalue weighted by Gasteiger charge is -2.25. The van der Waals surface area contributed by atoms with Crippen molar-refractivity contribution in [3.05, 3.63) is 23.9 Å². The van der Waals surface area contributed by atoms with Crippen molar-refractivity contribution in [2.24, 2.45) is 5.84 Å². The highest BCUT2D eigenvalue weighted by Crippen LogP contribution is 2.23. The van der Waals surface area contributed by atoms with Gasteiger partial charge in [0.05, 0.1) is 6.10 Å². The molecule has 0 bridgehead atoms. The number of nitrogens with zero attached hydrogens (tertiary/aromatic N) is 2. The van der Waals surface area contributed by atoms with E-state index in [0.717, 1.165) is 30.8 Å². The first-order valence-electron chi connectivity index (χ1n) is 7.41. The summed E-state index contributed by atoms with van der Waals surface area (Å²) in [5.41, 5.74) is 4.03. The standard InChI is InChI=1S/C15H26N4O/c1-19(2)15-9-6-12(11-17-15)14(18-16)8-7-13-5-3-4-10-20-13/h6,9,11,13-14,18H,3-5,7-8,10,16H2,1-2H3. The Morgan fingerprint density at radius 1 is 1.45 bits per heavy atom. The molecule has 112 valence electrons. The first-order chi connectivity index (χ1) is 9.70. The lowest BCUT2D eigenvalue weighted by atomic mass is 9.98. The summed E-state index contributed by atoms with van der Waals surface area (Å²) in [6.45, 7) is 0.907. The summed E-state index contributed by atoms with van der Waals surface area (Å²) < 4.78 is 5.77. The Morgan fingerprint density at radius 2 is 2.30 bits per heavy atom. The summed E-state index contributed by atoms with van der Waals surface area (Å²) in [6.07, 6.45) is 7.98. The molecule has 1 saturated heterocycles. The molecule has 1 fully saturated rings. The molecule has 5 heteroatoms. The van der Waals surface area contributed by atoms with E-state index in [2.05, 4.69) is 16.5 Å². The summed E-state index contributed by atoms with van der Waals surface area (Å²) in [5, 5.41) is 0. The molecule has 1 aromatic rings. The predicted molar refractivity (Wildman–Crippen MR) is 81.5 cm³/mol. The Kier molecular flexibility index (Phi) is 5.76. The fourth-order valence-electron chi connectivity index (χ4n) is 2.60. The number of aromatic nitrogens is 1. The van der Waals surface area contributed by atoms with Crippen LogP contribution in [0, 0.1) is 0 Å². The third kappa shape index (κ3) is 4.16. The van der Waals surface area contributed by atoms with Gasteiger partial charge in [-0.25, -0.2) is 4.98 Å². The van der Waals surface area contributed by atoms with Crippen LogP contribution in [0.2, 0.25) is 0 Å². The van der Waals surface area contributed by atoms with Crippen LogP contribution in [-0.2, 0) is 4.74 Å². The van der Waals surface area contributed by atoms with Crippen molar-refractivity contribution in [1.29, 1.82) is 0 Å². The molecule has 0 radical (unpaired) electrons. The van der Waals surface area contributed by atoms with Crippen molar-refractivity contribution in [3.8, 4) is 0 Å². The Morgan fingerprint density at radius 3 is 2.85 bits per heavy atom. The van der Waals surface area contributed by atoms with E-state index < -0.39 is 0 Å². The molecule has 1 aromatic heterocycles. The molecule has 1 aliphatic heterocycles. The van der Waals surface area contributed by atoms with Gasteiger partial charge in [0, 0.05) is 32.9 Å². The highest BCUT2D eigenvalue weighted by molar-refractivity contribution is 5.37. The van der Waals surface area contributed by atoms with E-state index in [1.807, 2.05) is 31.3 Å². The van der Waals surface area contributed by atoms with Gasteiger partial charge in [-0.05, 0) is 43.7 Å². The van der Waals surface area contributed by atoms with E-state index in [0.29, 0.717) is 6.10 Å². The highest BCUT2D eigenvalue weighted by Gasteiger charge is 2.17. The Hall–Kier alpha value is -1.17. The van der Waals surface area contributed by atoms with Crippen molar-refractivity contribution >= 4 is 5.82 Å². The number of hydrazine groups is 1. The quantitative estimate of drug-likeness (QED) is 0.615. The van der Waals surface area contributed by atoms with Crippen LogP contribution < -0.4 is 16.2 Å². The van der Waals surface area contributed by atoms with E-state index in [-0.39, 0.29) is 6.04 Å². The SMILES string of the molecule is CN(C)c1ccc(C(CCC2CCCCO2)NN)cn1. The number of rotatable bonds is 6. The van der Waals surface area contributed by atoms with Gasteiger partial charge >= 0.3 is 0 Å². The van der Waals surface area contributed by atoms with Crippen LogP contribution in [0.4, 0.5) is 5.82 Å². The average Bonchev–Trinajstić information content (AvgIpc) is 2.49. The molecular formula is C15H26N4O. The van der Waals surface area contributed by atoms with E-state index in [4.69, 9.17) is 10.6 Å². The Labute approximate surface area is 121 Å². The van der Waals surface area contributed by atoms with Crippen molar-refractivity contribution in [3.63, 3.8) is 0 Å². The fraction of sp³-hybridized carbons (Fsp3) is 0.667. The summed E-state index contributed by atoms with van der Waals surface area (Å²) in [4.78, 5) is 6.43. The molecule has 0 aromatic carbocycles. The largest absolute Gasteiger partial charge is 0.378 e. The maximum atomic E-state index is 5.77. The number of pyridine rings is 1. The number of nitrogens with two attached hydrogens (primary N) is 1. The first-order valence-corrected chi connectivity index (χ1v) is 7.41. The zero-order valence-corrected chi connectivity index (χ0v) is 12.5. The molecule has 0 amide bonds. The molecule has 2 atom stereocenters. The monoisotopic (exact) mass is 278 g/mol. The summed E-state index contributed by atoms with van der Waals surface area (Å²) in [7, 11) is 3.97. The number of hydrogen-bond donors (Lipinski definition) is 2. The molecule has 3 N–H and O–H groups in total. The molecule has 2 heterocycles. The minimum absolute atomic E-state index is 0.143. The molecule has 5 nitrogen and oxygen atoms in total. The third-order valence-corrected chi connectivity index (χ3v) is 3.88. The lowest BCUT2D eigenvalue weighted by Crippen LogP contribution is -2.30. The summed E-state index contributed by atoms with van der Waals surface area (Å²) in [6, 6.07) is 4.26. The molecule has 20 heavy (non-hydrogen) atoms. The highest BCUT2D eigenvalue weighted by atomic mass is 16.5. The lowest BCUT2D eigenvalue weighted by molar-refractivity contribution is 0.00854. The van der Waals surface area contributed by atoms with Crippen LogP contribution in [-0.4, -0.2) is 31.8 Å². The van der Waals surface area contributed by atoms with Gasteiger partial charge in [-0.2, -0.15) is 0 Å². The third-order valence-electron chi connectivity index (χ3n) is 3.88. The van der Waals surface area contributed by atoms with Gasteiger partial charge in [-0.1, -0.05) is 6.07 Å². The van der Waals surface area contributed by atoms with Crippen LogP contribution in [0.5, 0.6) is 0 Å². The number of hydrogen-bond acceptors (Lipinski definition) is 5. The van der Waals surface area contributed by atoms with E-state index in [1.165, 1.54) is 19.3 Å². The summed E-state index contributed by atoms with van der Waals surface area (Å²) >= 11 is 0. The van der Waals surface area contributed by atoms with Crippen LogP contribution in [0.15, 0.2) is 18.3 Å². The van der Waals surface area contributed by atoms with Gasteiger partial charge in [0.1, 0.15) is 5.82 Å². The van der Waals surface area contributed by atoms with Gasteiger partial charge in [-0.15, -0.1) is 0 Å². The predicted octanol–water partition coefficient (Wildman–Crippen LogP) is 2.00. The smallest absolute Gasteiger partial charge is 0.127 e. The Balaban J connectivity index is 1.89. The van der Waals surface area contributed by atoms with Crippen molar-refractivity contribution in [2.75, 3.05) is 25.6 Å². The van der Waals surface area contributed by atoms with Gasteiger partial charge in [-0.3, -0.25) is 11.3 Å². The summed E-state index contributed by atoms with van der Waals surface area (Å²) in [5.74, 6) is 6.65. The second-order valence-electron chi connectivity index (χ2n) is 5.63. The van der Waals surface area contributed by atoms with E-state index >= 15 is 0 Å². The molecular weight excluding hydrogens is 252 g/mol. The molecule has 0 aliphatic carbocycles. The number of ether oxygens (including phenoxy) is 1. The van der Waals surface area contributed by atoms with E-state index in [9.17, 15) is 0 Å². The van der Waals surface area contributed by atoms with Gasteiger partial charge in [0.15, 0.2) is 0 Å². The zero-order valence-electron chi connectivity index (χ0n) is 12.5. The normalized spacial score (nSPS) is 20.6. The topological polar surface area (TPSA) is 63.4 Å². The maximum Gasteiger partial charge on any atom is 0.127 e. The van der Waals surface area contributed by atoms with Crippen molar-refractivity contribution < 1.29 is 4.74 Å². The van der Waals surface area contributed by atoms with Gasteiger partial charge in [0.2, 0.25) is 0 Å². The number of nitrogens with one attached hydrogen (secondary N) is 1. The van der Waals surface area contributed by atoms with Crippen LogP contribution in [0.25, 0.3) is 0 Å². The van der Waals surface area contributed by atoms with Crippen LogP contribution in [0.1, 0.15) is 43.7 Å². The fourth-order valence-corrected chi connectivity index (χ4v) is 2.60. The van der Waals surface area contributed by atoms with Crippen molar-refractivity contribution in [1.82, 2.24) is 10.4 Å². The molecule has 2 rings (SSSR count). The second kappa shape index (κ2) is 7.57. The molecule has 0 spiro atoms. The second-order valence-corrected chi connectivity index (χ2v) is 5.63. The average molecular weight is 278 g/mol. The minimum atomic E-state index is 0.143. The maximum absolute atomic E-state index is 5.77. The van der Waals surface area contributed by atoms with Crippen LogP contribution in [0.3, 0.4) is 0 Å². The first kappa shape index (κ1) is 15.2. The van der Waals surface area contributed by atoms with Gasteiger partial charge < -0.3 is 9.64 Å². The minimum Gasteiger partial charge on any atom is -0.378 e. The number of anilines is 1. The van der Waals surface area contributed by atoms with Crippen molar-refractivity contribution in [2.45, 2.75) is 44.2 Å². The zero-order chi connectivity index (χ0) is 14.4. The van der Waals surface area contributed by atoms with Crippen LogP contribution >= 0.6 is 0 Å². The van der Waals surface area contributed by atoms with E-state index in [1.54, 1.807) is 0 Å². The molecule has 2 unspecified atom stereocenters.